The summed E-state index contributed by atoms with van der Waals surface area (Å²) in [4.78, 5) is 0. The highest BCUT2D eigenvalue weighted by molar-refractivity contribution is 5.46. The largest absolute Gasteiger partial charge is 0.494 e. The zero-order valence-corrected chi connectivity index (χ0v) is 18.4. The van der Waals surface area contributed by atoms with Crippen LogP contribution in [0.3, 0.4) is 0 Å². The van der Waals surface area contributed by atoms with Crippen molar-refractivity contribution in [3.05, 3.63) is 54.3 Å². The average molecular weight is 402 g/mol. The zero-order valence-electron chi connectivity index (χ0n) is 18.4. The van der Waals surface area contributed by atoms with E-state index >= 15 is 0 Å². The fourth-order valence-corrected chi connectivity index (χ4v) is 2.59. The fourth-order valence-electron chi connectivity index (χ4n) is 2.59. The van der Waals surface area contributed by atoms with Crippen LogP contribution in [0, 0.1) is 0 Å². The first-order valence-electron chi connectivity index (χ1n) is 10.9. The van der Waals surface area contributed by atoms with E-state index in [2.05, 4.69) is 36.7 Å². The first-order valence-corrected chi connectivity index (χ1v) is 10.9. The summed E-state index contributed by atoms with van der Waals surface area (Å²) in [5.74, 6) is 0.906. The molecular formula is C25H39NO3. The molecule has 4 heteroatoms. The van der Waals surface area contributed by atoms with Crippen LogP contribution in [0.1, 0.15) is 52.4 Å². The van der Waals surface area contributed by atoms with Crippen molar-refractivity contribution in [3.8, 4) is 5.75 Å². The lowest BCUT2D eigenvalue weighted by Gasteiger charge is -2.08. The average Bonchev–Trinajstić information content (AvgIpc) is 2.74. The second-order valence-corrected chi connectivity index (χ2v) is 6.96. The molecule has 1 aromatic rings. The molecule has 1 N–H and O–H groups in total. The van der Waals surface area contributed by atoms with E-state index in [4.69, 9.17) is 14.2 Å². The van der Waals surface area contributed by atoms with Gasteiger partial charge in [0.2, 0.25) is 0 Å². The molecule has 0 bridgehead atoms. The quantitative estimate of drug-likeness (QED) is 0.182. The Labute approximate surface area is 177 Å². The van der Waals surface area contributed by atoms with Gasteiger partial charge in [-0.1, -0.05) is 18.7 Å². The molecule has 162 valence electrons. The van der Waals surface area contributed by atoms with Crippen LogP contribution in [0.4, 0.5) is 5.69 Å². The number of unbranched alkanes of at least 4 members (excludes halogenated alkanes) is 2. The van der Waals surface area contributed by atoms with Crippen molar-refractivity contribution in [2.24, 2.45) is 0 Å². The van der Waals surface area contributed by atoms with Crippen molar-refractivity contribution in [3.63, 3.8) is 0 Å². The minimum absolute atomic E-state index is 0.682. The van der Waals surface area contributed by atoms with Gasteiger partial charge in [-0.2, -0.15) is 0 Å². The molecule has 1 rings (SSSR count). The maximum Gasteiger partial charge on any atom is 0.119 e. The van der Waals surface area contributed by atoms with Crippen molar-refractivity contribution in [2.45, 2.75) is 52.4 Å². The normalized spacial score (nSPS) is 10.8. The van der Waals surface area contributed by atoms with E-state index in [1.807, 2.05) is 31.2 Å². The number of ether oxygens (including phenoxy) is 3. The number of nitrogens with one attached hydrogen (secondary N) is 1. The molecule has 0 saturated carbocycles. The van der Waals surface area contributed by atoms with Crippen molar-refractivity contribution < 1.29 is 14.2 Å². The second-order valence-electron chi connectivity index (χ2n) is 6.96. The highest BCUT2D eigenvalue weighted by atomic mass is 16.5. The maximum absolute atomic E-state index is 5.72. The van der Waals surface area contributed by atoms with Crippen LogP contribution < -0.4 is 10.1 Å². The molecule has 0 aliphatic carbocycles. The molecule has 0 atom stereocenters. The van der Waals surface area contributed by atoms with Crippen LogP contribution in [-0.2, 0) is 9.47 Å². The minimum Gasteiger partial charge on any atom is -0.494 e. The highest BCUT2D eigenvalue weighted by Gasteiger charge is 1.96. The molecule has 0 aromatic heterocycles. The Hall–Kier alpha value is -2.00. The van der Waals surface area contributed by atoms with E-state index in [1.165, 1.54) is 5.57 Å². The van der Waals surface area contributed by atoms with Gasteiger partial charge < -0.3 is 19.5 Å². The number of allylic oxidation sites excluding steroid dienone is 3. The van der Waals surface area contributed by atoms with E-state index in [1.54, 1.807) is 0 Å². The summed E-state index contributed by atoms with van der Waals surface area (Å²) >= 11 is 0. The Balaban J connectivity index is 1.82. The minimum atomic E-state index is 0.682. The number of hydrogen-bond acceptors (Lipinski definition) is 4. The van der Waals surface area contributed by atoms with Gasteiger partial charge in [-0.05, 0) is 75.8 Å². The maximum atomic E-state index is 5.72. The van der Waals surface area contributed by atoms with Crippen molar-refractivity contribution in [2.75, 3.05) is 44.9 Å². The Bertz CT molecular complexity index is 589. The molecule has 0 heterocycles. The van der Waals surface area contributed by atoms with Crippen molar-refractivity contribution in [1.29, 1.82) is 0 Å². The van der Waals surface area contributed by atoms with Crippen molar-refractivity contribution in [1.82, 2.24) is 0 Å². The van der Waals surface area contributed by atoms with Gasteiger partial charge in [-0.15, -0.1) is 5.73 Å². The second kappa shape index (κ2) is 18.1. The van der Waals surface area contributed by atoms with Gasteiger partial charge >= 0.3 is 0 Å². The predicted molar refractivity (Wildman–Crippen MR) is 123 cm³/mol. The molecule has 0 radical (unpaired) electrons. The molecule has 29 heavy (non-hydrogen) atoms. The predicted octanol–water partition coefficient (Wildman–Crippen LogP) is 6.16. The molecule has 0 fully saturated rings. The summed E-state index contributed by atoms with van der Waals surface area (Å²) in [5, 5.41) is 3.27. The van der Waals surface area contributed by atoms with E-state index < -0.39 is 0 Å². The highest BCUT2D eigenvalue weighted by Crippen LogP contribution is 2.15. The molecule has 0 spiro atoms. The smallest absolute Gasteiger partial charge is 0.119 e. The fraction of sp³-hybridized carbons (Fsp3) is 0.560. The SMILES string of the molecule is C=C=C(C)C/C=C\CCCOCCCCOCCCOc1ccc(NCC)cc1. The van der Waals surface area contributed by atoms with E-state index in [0.29, 0.717) is 6.61 Å². The van der Waals surface area contributed by atoms with E-state index in [0.717, 1.165) is 82.9 Å². The number of rotatable bonds is 18. The van der Waals surface area contributed by atoms with Gasteiger partial charge in [0.25, 0.3) is 0 Å². The lowest BCUT2D eigenvalue weighted by Crippen LogP contribution is -2.05. The van der Waals surface area contributed by atoms with Crippen LogP contribution in [0.25, 0.3) is 0 Å². The van der Waals surface area contributed by atoms with Crippen LogP contribution in [0.5, 0.6) is 5.75 Å². The lowest BCUT2D eigenvalue weighted by molar-refractivity contribution is 0.0957. The molecule has 0 aliphatic heterocycles. The van der Waals surface area contributed by atoms with Gasteiger partial charge in [0.05, 0.1) is 6.61 Å². The van der Waals surface area contributed by atoms with Crippen molar-refractivity contribution >= 4 is 5.69 Å². The van der Waals surface area contributed by atoms with Crippen LogP contribution in [0.15, 0.2) is 54.3 Å². The van der Waals surface area contributed by atoms with Gasteiger partial charge in [-0.25, -0.2) is 0 Å². The topological polar surface area (TPSA) is 39.7 Å². The Morgan fingerprint density at radius 2 is 1.59 bits per heavy atom. The van der Waals surface area contributed by atoms with Gasteiger partial charge in [0.15, 0.2) is 0 Å². The molecule has 0 aliphatic rings. The zero-order chi connectivity index (χ0) is 21.0. The molecule has 0 unspecified atom stereocenters. The summed E-state index contributed by atoms with van der Waals surface area (Å²) in [6.07, 6.45) is 10.5. The first-order chi connectivity index (χ1) is 14.3. The third kappa shape index (κ3) is 14.6. The van der Waals surface area contributed by atoms with Crippen LogP contribution in [-0.4, -0.2) is 39.6 Å². The third-order valence-corrected chi connectivity index (χ3v) is 4.32. The molecular weight excluding hydrogens is 362 g/mol. The van der Waals surface area contributed by atoms with Gasteiger partial charge in [0.1, 0.15) is 5.75 Å². The summed E-state index contributed by atoms with van der Waals surface area (Å²) in [6, 6.07) is 8.07. The molecule has 1 aromatic carbocycles. The number of benzene rings is 1. The molecule has 0 amide bonds. The third-order valence-electron chi connectivity index (χ3n) is 4.32. The standard InChI is InChI=1S/C25H39NO3/c1-4-23(3)13-8-6-7-9-18-27-19-10-11-20-28-21-12-22-29-25-16-14-24(15-17-25)26-5-2/h6,8,14-17,26H,1,5,7,9-13,18-22H2,2-3H3/b8-6-. The van der Waals surface area contributed by atoms with Crippen LogP contribution >= 0.6 is 0 Å². The lowest BCUT2D eigenvalue weighted by atomic mass is 10.2. The summed E-state index contributed by atoms with van der Waals surface area (Å²) in [7, 11) is 0. The Morgan fingerprint density at radius 3 is 2.24 bits per heavy atom. The Kier molecular flexibility index (Phi) is 15.6. The number of hydrogen-bond donors (Lipinski definition) is 1. The Morgan fingerprint density at radius 1 is 0.931 bits per heavy atom. The van der Waals surface area contributed by atoms with Crippen LogP contribution in [0.2, 0.25) is 0 Å². The molecule has 0 saturated heterocycles. The number of anilines is 1. The summed E-state index contributed by atoms with van der Waals surface area (Å²) in [5.41, 5.74) is 5.20. The van der Waals surface area contributed by atoms with E-state index in [-0.39, 0.29) is 0 Å². The molecule has 4 nitrogen and oxygen atoms in total. The van der Waals surface area contributed by atoms with Gasteiger partial charge in [0, 0.05) is 45.1 Å². The monoisotopic (exact) mass is 401 g/mol. The summed E-state index contributed by atoms with van der Waals surface area (Å²) in [6.45, 7) is 12.6. The summed E-state index contributed by atoms with van der Waals surface area (Å²) < 4.78 is 17.0. The first kappa shape index (κ1) is 25.0. The van der Waals surface area contributed by atoms with E-state index in [9.17, 15) is 0 Å². The van der Waals surface area contributed by atoms with Gasteiger partial charge in [-0.3, -0.25) is 0 Å².